The Kier molecular flexibility index (Phi) is 5.45. The second-order valence-electron chi connectivity index (χ2n) is 4.22. The zero-order chi connectivity index (χ0) is 15.4. The van der Waals surface area contributed by atoms with Gasteiger partial charge in [-0.05, 0) is 23.8 Å². The molecular weight excluding hydrogens is 381 g/mol. The van der Waals surface area contributed by atoms with E-state index in [9.17, 15) is 10.1 Å². The van der Waals surface area contributed by atoms with Crippen LogP contribution in [0.25, 0.3) is 0 Å². The lowest BCUT2D eigenvalue weighted by atomic mass is 10.2. The summed E-state index contributed by atoms with van der Waals surface area (Å²) in [7, 11) is 0. The molecule has 0 aliphatic carbocycles. The third-order valence-electron chi connectivity index (χ3n) is 2.78. The lowest BCUT2D eigenvalue weighted by Crippen LogP contribution is -1.98. The molecule has 0 spiro atoms. The summed E-state index contributed by atoms with van der Waals surface area (Å²) < 4.78 is 5.60. The van der Waals surface area contributed by atoms with Gasteiger partial charge in [0.25, 0.3) is 5.69 Å². The van der Waals surface area contributed by atoms with Crippen LogP contribution >= 0.6 is 39.1 Å². The van der Waals surface area contributed by atoms with Gasteiger partial charge in [0.2, 0.25) is 0 Å². The summed E-state index contributed by atoms with van der Waals surface area (Å²) in [6.07, 6.45) is 0. The van der Waals surface area contributed by atoms with Crippen LogP contribution in [-0.2, 0) is 11.9 Å². The molecule has 0 unspecified atom stereocenters. The van der Waals surface area contributed by atoms with E-state index in [4.69, 9.17) is 27.9 Å². The summed E-state index contributed by atoms with van der Waals surface area (Å²) >= 11 is 15.5. The van der Waals surface area contributed by atoms with Crippen molar-refractivity contribution < 1.29 is 9.66 Å². The zero-order valence-electron chi connectivity index (χ0n) is 10.7. The quantitative estimate of drug-likeness (QED) is 0.391. The van der Waals surface area contributed by atoms with Crippen LogP contribution in [0, 0.1) is 10.1 Å². The van der Waals surface area contributed by atoms with E-state index in [1.165, 1.54) is 12.1 Å². The van der Waals surface area contributed by atoms with E-state index < -0.39 is 4.92 Å². The maximum Gasteiger partial charge on any atom is 0.270 e. The Morgan fingerprint density at radius 1 is 1.14 bits per heavy atom. The van der Waals surface area contributed by atoms with Crippen LogP contribution in [0.4, 0.5) is 5.69 Å². The molecule has 0 amide bonds. The lowest BCUT2D eigenvalue weighted by Gasteiger charge is -2.10. The largest absolute Gasteiger partial charge is 0.487 e. The first-order valence-electron chi connectivity index (χ1n) is 5.91. The molecule has 0 aliphatic rings. The van der Waals surface area contributed by atoms with Gasteiger partial charge in [0.05, 0.1) is 15.0 Å². The van der Waals surface area contributed by atoms with Gasteiger partial charge in [-0.2, -0.15) is 0 Å². The topological polar surface area (TPSA) is 52.4 Å². The predicted molar refractivity (Wildman–Crippen MR) is 86.5 cm³/mol. The normalized spacial score (nSPS) is 10.4. The average molecular weight is 391 g/mol. The van der Waals surface area contributed by atoms with Crippen molar-refractivity contribution in [3.8, 4) is 5.75 Å². The van der Waals surface area contributed by atoms with Crippen LogP contribution in [0.5, 0.6) is 5.75 Å². The molecule has 0 aromatic heterocycles. The monoisotopic (exact) mass is 389 g/mol. The molecule has 0 N–H and O–H groups in total. The first-order chi connectivity index (χ1) is 10.0. The minimum Gasteiger partial charge on any atom is -0.487 e. The molecule has 0 fully saturated rings. The summed E-state index contributed by atoms with van der Waals surface area (Å²) in [5, 5.41) is 12.1. The Labute approximate surface area is 139 Å². The number of hydrogen-bond donors (Lipinski definition) is 0. The van der Waals surface area contributed by atoms with Gasteiger partial charge >= 0.3 is 0 Å². The summed E-state index contributed by atoms with van der Waals surface area (Å²) in [6, 6.07) is 9.74. The number of benzene rings is 2. The van der Waals surface area contributed by atoms with Gasteiger partial charge in [0, 0.05) is 23.0 Å². The molecule has 0 saturated heterocycles. The van der Waals surface area contributed by atoms with Gasteiger partial charge in [0.1, 0.15) is 12.4 Å². The fraction of sp³-hybridized carbons (Fsp3) is 0.143. The summed E-state index contributed by atoms with van der Waals surface area (Å²) in [5.74, 6) is 0.538. The van der Waals surface area contributed by atoms with E-state index in [0.717, 1.165) is 5.56 Å². The van der Waals surface area contributed by atoms with Crippen molar-refractivity contribution in [1.29, 1.82) is 0 Å². The van der Waals surface area contributed by atoms with Gasteiger partial charge in [0.15, 0.2) is 0 Å². The molecule has 0 bridgehead atoms. The Hall–Kier alpha value is -1.30. The molecule has 0 aliphatic heterocycles. The van der Waals surface area contributed by atoms with Gasteiger partial charge < -0.3 is 4.74 Å². The van der Waals surface area contributed by atoms with E-state index in [0.29, 0.717) is 21.7 Å². The number of nitro groups is 1. The number of hydrogen-bond acceptors (Lipinski definition) is 3. The minimum atomic E-state index is -0.494. The number of rotatable bonds is 5. The van der Waals surface area contributed by atoms with Crippen molar-refractivity contribution in [3.63, 3.8) is 0 Å². The molecule has 2 aromatic carbocycles. The van der Waals surface area contributed by atoms with Crippen molar-refractivity contribution in [2.24, 2.45) is 0 Å². The van der Waals surface area contributed by atoms with Gasteiger partial charge in [-0.25, -0.2) is 0 Å². The summed E-state index contributed by atoms with van der Waals surface area (Å²) in [6.45, 7) is 0.185. The molecule has 0 heterocycles. The van der Waals surface area contributed by atoms with Crippen LogP contribution in [0.3, 0.4) is 0 Å². The lowest BCUT2D eigenvalue weighted by molar-refractivity contribution is -0.384. The molecule has 4 nitrogen and oxygen atoms in total. The third kappa shape index (κ3) is 4.09. The minimum absolute atomic E-state index is 0.0524. The van der Waals surface area contributed by atoms with Gasteiger partial charge in [-0.15, -0.1) is 0 Å². The highest BCUT2D eigenvalue weighted by atomic mass is 79.9. The molecule has 0 saturated carbocycles. The van der Waals surface area contributed by atoms with Crippen LogP contribution in [0.15, 0.2) is 36.4 Å². The van der Waals surface area contributed by atoms with Gasteiger partial charge in [-0.1, -0.05) is 45.2 Å². The fourth-order valence-electron chi connectivity index (χ4n) is 1.67. The highest BCUT2D eigenvalue weighted by molar-refractivity contribution is 9.08. The van der Waals surface area contributed by atoms with Crippen LogP contribution in [0.1, 0.15) is 11.1 Å². The third-order valence-corrected chi connectivity index (χ3v) is 4.08. The Morgan fingerprint density at radius 2 is 1.90 bits per heavy atom. The molecular formula is C14H10BrCl2NO3. The van der Waals surface area contributed by atoms with Crippen molar-refractivity contribution in [1.82, 2.24) is 0 Å². The smallest absolute Gasteiger partial charge is 0.270 e. The van der Waals surface area contributed by atoms with Crippen molar-refractivity contribution in [2.75, 3.05) is 0 Å². The number of alkyl halides is 1. The van der Waals surface area contributed by atoms with E-state index in [1.54, 1.807) is 12.1 Å². The van der Waals surface area contributed by atoms with E-state index in [2.05, 4.69) is 15.9 Å². The summed E-state index contributed by atoms with van der Waals surface area (Å²) in [5.41, 5.74) is 1.65. The maximum atomic E-state index is 10.6. The SMILES string of the molecule is O=[N+]([O-])c1ccc(COc2ccc(CBr)cc2Cl)c(Cl)c1. The van der Waals surface area contributed by atoms with E-state index in [1.807, 2.05) is 12.1 Å². The first-order valence-corrected chi connectivity index (χ1v) is 7.79. The molecule has 2 aromatic rings. The molecule has 7 heteroatoms. The van der Waals surface area contributed by atoms with Crippen molar-refractivity contribution in [3.05, 3.63) is 67.7 Å². The Balaban J connectivity index is 2.11. The number of ether oxygens (including phenoxy) is 1. The number of halogens is 3. The average Bonchev–Trinajstić information content (AvgIpc) is 2.46. The zero-order valence-corrected chi connectivity index (χ0v) is 13.8. The molecule has 0 radical (unpaired) electrons. The van der Waals surface area contributed by atoms with Crippen LogP contribution in [0.2, 0.25) is 10.0 Å². The van der Waals surface area contributed by atoms with Gasteiger partial charge in [-0.3, -0.25) is 10.1 Å². The highest BCUT2D eigenvalue weighted by Gasteiger charge is 2.10. The van der Waals surface area contributed by atoms with E-state index in [-0.39, 0.29) is 17.3 Å². The molecule has 21 heavy (non-hydrogen) atoms. The standard InChI is InChI=1S/C14H10BrCl2NO3/c15-7-9-1-4-14(13(17)5-9)21-8-10-2-3-11(18(19)20)6-12(10)16/h1-6H,7-8H2. The molecule has 0 atom stereocenters. The number of nitro benzene ring substituents is 1. The first kappa shape index (κ1) is 16.1. The van der Waals surface area contributed by atoms with Crippen molar-refractivity contribution in [2.45, 2.75) is 11.9 Å². The number of non-ortho nitro benzene ring substituents is 1. The molecule has 2 rings (SSSR count). The fourth-order valence-corrected chi connectivity index (χ4v) is 2.50. The van der Waals surface area contributed by atoms with Crippen molar-refractivity contribution >= 4 is 44.8 Å². The Bertz CT molecular complexity index is 679. The van der Waals surface area contributed by atoms with Crippen LogP contribution in [-0.4, -0.2) is 4.92 Å². The second-order valence-corrected chi connectivity index (χ2v) is 5.60. The summed E-state index contributed by atoms with van der Waals surface area (Å²) in [4.78, 5) is 10.1. The number of nitrogens with zero attached hydrogens (tertiary/aromatic N) is 1. The Morgan fingerprint density at radius 3 is 2.48 bits per heavy atom. The van der Waals surface area contributed by atoms with E-state index >= 15 is 0 Å². The molecule has 110 valence electrons. The second kappa shape index (κ2) is 7.11. The highest BCUT2D eigenvalue weighted by Crippen LogP contribution is 2.29. The maximum absolute atomic E-state index is 10.6. The van der Waals surface area contributed by atoms with Crippen LogP contribution < -0.4 is 4.74 Å². The predicted octanol–water partition coefficient (Wildman–Crippen LogP) is 5.38.